The van der Waals surface area contributed by atoms with Crippen LogP contribution in [0.2, 0.25) is 0 Å². The van der Waals surface area contributed by atoms with Gasteiger partial charge in [-0.25, -0.2) is 0 Å². The zero-order valence-corrected chi connectivity index (χ0v) is 11.1. The summed E-state index contributed by atoms with van der Waals surface area (Å²) in [5.41, 5.74) is 0. The summed E-state index contributed by atoms with van der Waals surface area (Å²) in [6.07, 6.45) is 5.39. The predicted molar refractivity (Wildman–Crippen MR) is 68.8 cm³/mol. The Morgan fingerprint density at radius 1 is 1.25 bits per heavy atom. The summed E-state index contributed by atoms with van der Waals surface area (Å²) in [5.74, 6) is 0. The second-order valence-corrected chi connectivity index (χ2v) is 5.76. The first-order valence-electron chi connectivity index (χ1n) is 6.80. The first-order valence-corrected chi connectivity index (χ1v) is 6.80. The Labute approximate surface area is 100 Å². The maximum absolute atomic E-state index is 3.54. The highest BCUT2D eigenvalue weighted by atomic mass is 15.2. The highest BCUT2D eigenvalue weighted by molar-refractivity contribution is 4.86. The molecule has 2 rings (SSSR count). The van der Waals surface area contributed by atoms with Gasteiger partial charge in [-0.05, 0) is 59.8 Å². The van der Waals surface area contributed by atoms with Gasteiger partial charge in [-0.15, -0.1) is 0 Å². The van der Waals surface area contributed by atoms with Gasteiger partial charge >= 0.3 is 0 Å². The molecule has 2 saturated heterocycles. The maximum Gasteiger partial charge on any atom is 0.0223 e. The Balaban J connectivity index is 1.87. The minimum absolute atomic E-state index is 0.697. The zero-order chi connectivity index (χ0) is 11.5. The van der Waals surface area contributed by atoms with Crippen molar-refractivity contribution >= 4 is 0 Å². The average Bonchev–Trinajstić information content (AvgIpc) is 2.28. The number of nitrogens with zero attached hydrogens (tertiary/aromatic N) is 2. The fourth-order valence-electron chi connectivity index (χ4n) is 3.25. The summed E-state index contributed by atoms with van der Waals surface area (Å²) in [6, 6.07) is 2.28. The number of likely N-dealkylation sites (tertiary alicyclic amines) is 1. The minimum Gasteiger partial charge on any atom is -0.314 e. The molecular formula is C13H27N3. The molecule has 2 fully saturated rings. The molecule has 2 aliphatic heterocycles. The Morgan fingerprint density at radius 3 is 2.75 bits per heavy atom. The van der Waals surface area contributed by atoms with E-state index in [2.05, 4.69) is 36.1 Å². The van der Waals surface area contributed by atoms with Crippen molar-refractivity contribution in [2.24, 2.45) is 0 Å². The lowest BCUT2D eigenvalue weighted by molar-refractivity contribution is 0.0777. The molecule has 1 N–H and O–H groups in total. The van der Waals surface area contributed by atoms with Crippen molar-refractivity contribution in [3.8, 4) is 0 Å². The number of rotatable bonds is 2. The van der Waals surface area contributed by atoms with Crippen LogP contribution >= 0.6 is 0 Å². The molecule has 2 aliphatic rings. The normalized spacial score (nSPS) is 37.9. The average molecular weight is 225 g/mol. The summed E-state index contributed by atoms with van der Waals surface area (Å²) >= 11 is 0. The van der Waals surface area contributed by atoms with Crippen LogP contribution in [0.15, 0.2) is 0 Å². The van der Waals surface area contributed by atoms with Crippen molar-refractivity contribution in [3.63, 3.8) is 0 Å². The summed E-state index contributed by atoms with van der Waals surface area (Å²) in [7, 11) is 4.59. The van der Waals surface area contributed by atoms with Gasteiger partial charge in [0, 0.05) is 24.7 Å². The molecule has 0 bridgehead atoms. The van der Waals surface area contributed by atoms with Crippen LogP contribution in [0, 0.1) is 0 Å². The van der Waals surface area contributed by atoms with Crippen LogP contribution in [0.3, 0.4) is 0 Å². The Morgan fingerprint density at radius 2 is 2.06 bits per heavy atom. The zero-order valence-electron chi connectivity index (χ0n) is 11.1. The van der Waals surface area contributed by atoms with Crippen LogP contribution in [0.25, 0.3) is 0 Å². The standard InChI is InChI=1S/C13H27N3/c1-11-9-12(6-7-14-11)16(3)13-5-4-8-15(2)10-13/h11-14H,4-10H2,1-3H3. The molecule has 2 heterocycles. The molecule has 0 aromatic rings. The SMILES string of the molecule is CC1CC(N(C)C2CCCN(C)C2)CCN1. The fourth-order valence-corrected chi connectivity index (χ4v) is 3.25. The van der Waals surface area contributed by atoms with Crippen LogP contribution in [0.5, 0.6) is 0 Å². The molecule has 3 nitrogen and oxygen atoms in total. The van der Waals surface area contributed by atoms with Crippen molar-refractivity contribution in [3.05, 3.63) is 0 Å². The van der Waals surface area contributed by atoms with Gasteiger partial charge < -0.3 is 10.2 Å². The van der Waals surface area contributed by atoms with Crippen LogP contribution in [-0.4, -0.2) is 61.7 Å². The first-order chi connectivity index (χ1) is 7.66. The third-order valence-corrected chi connectivity index (χ3v) is 4.35. The topological polar surface area (TPSA) is 18.5 Å². The summed E-state index contributed by atoms with van der Waals surface area (Å²) in [6.45, 7) is 6.05. The monoisotopic (exact) mass is 225 g/mol. The highest BCUT2D eigenvalue weighted by Crippen LogP contribution is 2.21. The van der Waals surface area contributed by atoms with Gasteiger partial charge in [-0.3, -0.25) is 4.90 Å². The number of nitrogens with one attached hydrogen (secondary N) is 1. The molecule has 0 amide bonds. The maximum atomic E-state index is 3.54. The van der Waals surface area contributed by atoms with Crippen molar-refractivity contribution in [1.29, 1.82) is 0 Å². The van der Waals surface area contributed by atoms with Gasteiger partial charge in [-0.2, -0.15) is 0 Å². The smallest absolute Gasteiger partial charge is 0.0223 e. The molecule has 16 heavy (non-hydrogen) atoms. The number of hydrogen-bond acceptors (Lipinski definition) is 3. The molecule has 0 aromatic carbocycles. The van der Waals surface area contributed by atoms with Gasteiger partial charge in [0.15, 0.2) is 0 Å². The van der Waals surface area contributed by atoms with E-state index in [1.165, 1.54) is 45.3 Å². The van der Waals surface area contributed by atoms with Gasteiger partial charge in [0.1, 0.15) is 0 Å². The Bertz CT molecular complexity index is 197. The van der Waals surface area contributed by atoms with Crippen LogP contribution in [-0.2, 0) is 0 Å². The predicted octanol–water partition coefficient (Wildman–Crippen LogP) is 1.15. The molecule has 3 heteroatoms. The molecule has 0 radical (unpaired) electrons. The number of hydrogen-bond donors (Lipinski definition) is 1. The molecule has 0 aliphatic carbocycles. The van der Waals surface area contributed by atoms with E-state index in [0.29, 0.717) is 6.04 Å². The summed E-state index contributed by atoms with van der Waals surface area (Å²) in [5, 5.41) is 3.54. The lowest BCUT2D eigenvalue weighted by atomic mass is 9.95. The molecule has 3 atom stereocenters. The first kappa shape index (κ1) is 12.3. The Hall–Kier alpha value is -0.120. The van der Waals surface area contributed by atoms with Crippen LogP contribution in [0.4, 0.5) is 0 Å². The van der Waals surface area contributed by atoms with Crippen molar-refractivity contribution in [2.75, 3.05) is 33.7 Å². The lowest BCUT2D eigenvalue weighted by Gasteiger charge is -2.42. The highest BCUT2D eigenvalue weighted by Gasteiger charge is 2.28. The second-order valence-electron chi connectivity index (χ2n) is 5.76. The largest absolute Gasteiger partial charge is 0.314 e. The quantitative estimate of drug-likeness (QED) is 0.760. The van der Waals surface area contributed by atoms with Crippen LogP contribution in [0.1, 0.15) is 32.6 Å². The second kappa shape index (κ2) is 5.48. The van der Waals surface area contributed by atoms with E-state index in [1.807, 2.05) is 0 Å². The lowest BCUT2D eigenvalue weighted by Crippen LogP contribution is -2.53. The Kier molecular flexibility index (Phi) is 4.22. The van der Waals surface area contributed by atoms with Crippen molar-refractivity contribution < 1.29 is 0 Å². The van der Waals surface area contributed by atoms with E-state index in [0.717, 1.165) is 12.1 Å². The van der Waals surface area contributed by atoms with Crippen LogP contribution < -0.4 is 5.32 Å². The van der Waals surface area contributed by atoms with E-state index in [4.69, 9.17) is 0 Å². The minimum atomic E-state index is 0.697. The molecule has 94 valence electrons. The van der Waals surface area contributed by atoms with Crippen molar-refractivity contribution in [1.82, 2.24) is 15.1 Å². The molecule has 0 saturated carbocycles. The summed E-state index contributed by atoms with van der Waals surface area (Å²) in [4.78, 5) is 5.14. The molecular weight excluding hydrogens is 198 g/mol. The van der Waals surface area contributed by atoms with E-state index in [1.54, 1.807) is 0 Å². The van der Waals surface area contributed by atoms with E-state index >= 15 is 0 Å². The number of piperidine rings is 2. The third kappa shape index (κ3) is 2.96. The molecule has 0 spiro atoms. The van der Waals surface area contributed by atoms with Gasteiger partial charge in [0.05, 0.1) is 0 Å². The van der Waals surface area contributed by atoms with Gasteiger partial charge in [0.2, 0.25) is 0 Å². The van der Waals surface area contributed by atoms with Gasteiger partial charge in [-0.1, -0.05) is 0 Å². The van der Waals surface area contributed by atoms with E-state index in [9.17, 15) is 0 Å². The van der Waals surface area contributed by atoms with Crippen molar-refractivity contribution in [2.45, 2.75) is 50.7 Å². The molecule has 0 aromatic heterocycles. The van der Waals surface area contributed by atoms with E-state index in [-0.39, 0.29) is 0 Å². The van der Waals surface area contributed by atoms with Gasteiger partial charge in [0.25, 0.3) is 0 Å². The summed E-state index contributed by atoms with van der Waals surface area (Å²) < 4.78 is 0. The fraction of sp³-hybridized carbons (Fsp3) is 1.00. The number of likely N-dealkylation sites (N-methyl/N-ethyl adjacent to an activating group) is 2. The van der Waals surface area contributed by atoms with E-state index < -0.39 is 0 Å². The molecule has 3 unspecified atom stereocenters. The third-order valence-electron chi connectivity index (χ3n) is 4.35.